The number of rotatable bonds is 5. The molecule has 1 aromatic carbocycles. The standard InChI is InChI=1S/C16H18FN3O3/c1-9-15(10(2)20(3)19-9)11-6-12(8-13(17)7-11)16(23)18-5-4-14(21)22/h6-8H,4-5H2,1-3H3,(H,18,23)(H,21,22). The van der Waals surface area contributed by atoms with Crippen molar-refractivity contribution in [3.05, 3.63) is 41.0 Å². The van der Waals surface area contributed by atoms with Crippen LogP contribution in [0.1, 0.15) is 28.2 Å². The number of amides is 1. The van der Waals surface area contributed by atoms with E-state index in [9.17, 15) is 14.0 Å². The average molecular weight is 319 g/mol. The zero-order valence-corrected chi connectivity index (χ0v) is 13.2. The topological polar surface area (TPSA) is 84.2 Å². The molecule has 0 saturated heterocycles. The first-order valence-corrected chi connectivity index (χ1v) is 7.10. The quantitative estimate of drug-likeness (QED) is 0.883. The maximum atomic E-state index is 13.9. The zero-order chi connectivity index (χ0) is 17.1. The van der Waals surface area contributed by atoms with E-state index >= 15 is 0 Å². The molecular formula is C16H18FN3O3. The van der Waals surface area contributed by atoms with Crippen molar-refractivity contribution in [3.63, 3.8) is 0 Å². The van der Waals surface area contributed by atoms with Gasteiger partial charge in [0.1, 0.15) is 5.82 Å². The lowest BCUT2D eigenvalue weighted by atomic mass is 10.0. The number of aryl methyl sites for hydroxylation is 2. The van der Waals surface area contributed by atoms with Crippen molar-refractivity contribution in [2.24, 2.45) is 7.05 Å². The first-order valence-electron chi connectivity index (χ1n) is 7.10. The monoisotopic (exact) mass is 319 g/mol. The minimum absolute atomic E-state index is 0.00897. The summed E-state index contributed by atoms with van der Waals surface area (Å²) in [4.78, 5) is 22.5. The highest BCUT2D eigenvalue weighted by Crippen LogP contribution is 2.28. The highest BCUT2D eigenvalue weighted by atomic mass is 19.1. The van der Waals surface area contributed by atoms with Crippen LogP contribution in [0.15, 0.2) is 18.2 Å². The third-order valence-electron chi connectivity index (χ3n) is 3.58. The molecule has 0 atom stereocenters. The molecule has 0 aliphatic carbocycles. The van der Waals surface area contributed by atoms with E-state index in [-0.39, 0.29) is 18.5 Å². The van der Waals surface area contributed by atoms with Gasteiger partial charge in [0.25, 0.3) is 5.91 Å². The Labute approximate surface area is 132 Å². The second-order valence-electron chi connectivity index (χ2n) is 5.30. The maximum absolute atomic E-state index is 13.9. The van der Waals surface area contributed by atoms with Gasteiger partial charge in [-0.2, -0.15) is 5.10 Å². The first kappa shape index (κ1) is 16.7. The molecule has 0 fully saturated rings. The third kappa shape index (κ3) is 3.74. The van der Waals surface area contributed by atoms with Gasteiger partial charge in [0.05, 0.1) is 12.1 Å². The van der Waals surface area contributed by atoms with E-state index in [1.54, 1.807) is 17.8 Å². The van der Waals surface area contributed by atoms with Crippen LogP contribution in [0.5, 0.6) is 0 Å². The SMILES string of the molecule is Cc1nn(C)c(C)c1-c1cc(F)cc(C(=O)NCCC(=O)O)c1. The van der Waals surface area contributed by atoms with Crippen LogP contribution in [0.4, 0.5) is 4.39 Å². The van der Waals surface area contributed by atoms with Crippen LogP contribution in [0.25, 0.3) is 11.1 Å². The van der Waals surface area contributed by atoms with Gasteiger partial charge in [-0.25, -0.2) is 4.39 Å². The minimum Gasteiger partial charge on any atom is -0.481 e. The van der Waals surface area contributed by atoms with E-state index in [1.807, 2.05) is 13.8 Å². The fourth-order valence-electron chi connectivity index (χ4n) is 2.44. The molecular weight excluding hydrogens is 301 g/mol. The summed E-state index contributed by atoms with van der Waals surface area (Å²) < 4.78 is 15.6. The number of aliphatic carboxylic acids is 1. The number of halogens is 1. The number of carbonyl (C=O) groups excluding carboxylic acids is 1. The molecule has 2 rings (SSSR count). The zero-order valence-electron chi connectivity index (χ0n) is 13.2. The normalized spacial score (nSPS) is 10.6. The van der Waals surface area contributed by atoms with E-state index in [0.717, 1.165) is 23.0 Å². The Kier molecular flexibility index (Phi) is 4.78. The number of nitrogens with zero attached hydrogens (tertiary/aromatic N) is 2. The van der Waals surface area contributed by atoms with Gasteiger partial charge in [-0.3, -0.25) is 14.3 Å². The van der Waals surface area contributed by atoms with Gasteiger partial charge in [-0.15, -0.1) is 0 Å². The first-order chi connectivity index (χ1) is 10.8. The summed E-state index contributed by atoms with van der Waals surface area (Å²) in [5.74, 6) is -2.05. The van der Waals surface area contributed by atoms with Crippen LogP contribution in [-0.4, -0.2) is 33.3 Å². The van der Waals surface area contributed by atoms with Crippen molar-refractivity contribution < 1.29 is 19.1 Å². The highest BCUT2D eigenvalue weighted by molar-refractivity contribution is 5.95. The van der Waals surface area contributed by atoms with Crippen LogP contribution in [0.2, 0.25) is 0 Å². The molecule has 7 heteroatoms. The van der Waals surface area contributed by atoms with E-state index < -0.39 is 17.7 Å². The number of benzene rings is 1. The number of carboxylic acids is 1. The molecule has 0 aliphatic rings. The van der Waals surface area contributed by atoms with Crippen molar-refractivity contribution in [1.82, 2.24) is 15.1 Å². The number of hydrogen-bond donors (Lipinski definition) is 2. The average Bonchev–Trinajstić information content (AvgIpc) is 2.70. The summed E-state index contributed by atoms with van der Waals surface area (Å²) in [6.45, 7) is 3.68. The Morgan fingerprint density at radius 2 is 2.00 bits per heavy atom. The van der Waals surface area contributed by atoms with Crippen molar-refractivity contribution >= 4 is 11.9 Å². The Bertz CT molecular complexity index is 768. The molecule has 2 N–H and O–H groups in total. The lowest BCUT2D eigenvalue weighted by Crippen LogP contribution is -2.26. The molecule has 1 amide bonds. The molecule has 0 unspecified atom stereocenters. The van der Waals surface area contributed by atoms with E-state index in [2.05, 4.69) is 10.4 Å². The van der Waals surface area contributed by atoms with E-state index in [1.165, 1.54) is 6.07 Å². The Morgan fingerprint density at radius 1 is 1.30 bits per heavy atom. The second-order valence-corrected chi connectivity index (χ2v) is 5.30. The molecule has 0 aliphatic heterocycles. The fourth-order valence-corrected chi connectivity index (χ4v) is 2.44. The molecule has 1 heterocycles. The summed E-state index contributed by atoms with van der Waals surface area (Å²) in [5.41, 5.74) is 3.11. The Balaban J connectivity index is 2.32. The minimum atomic E-state index is -1.01. The molecule has 0 bridgehead atoms. The predicted molar refractivity (Wildman–Crippen MR) is 82.7 cm³/mol. The van der Waals surface area contributed by atoms with Gasteiger partial charge >= 0.3 is 5.97 Å². The Hall–Kier alpha value is -2.70. The van der Waals surface area contributed by atoms with Crippen LogP contribution in [-0.2, 0) is 11.8 Å². The van der Waals surface area contributed by atoms with Crippen molar-refractivity contribution in [1.29, 1.82) is 0 Å². The molecule has 0 saturated carbocycles. The molecule has 122 valence electrons. The largest absolute Gasteiger partial charge is 0.481 e. The van der Waals surface area contributed by atoms with Crippen molar-refractivity contribution in [2.75, 3.05) is 6.54 Å². The maximum Gasteiger partial charge on any atom is 0.305 e. The highest BCUT2D eigenvalue weighted by Gasteiger charge is 2.15. The van der Waals surface area contributed by atoms with E-state index in [4.69, 9.17) is 5.11 Å². The second kappa shape index (κ2) is 6.60. The molecule has 23 heavy (non-hydrogen) atoms. The number of nitrogens with one attached hydrogen (secondary N) is 1. The van der Waals surface area contributed by atoms with Gasteiger partial charge in [-0.05, 0) is 37.6 Å². The smallest absolute Gasteiger partial charge is 0.305 e. The number of aromatic nitrogens is 2. The fraction of sp³-hybridized carbons (Fsp3) is 0.312. The van der Waals surface area contributed by atoms with Crippen LogP contribution in [0, 0.1) is 19.7 Å². The van der Waals surface area contributed by atoms with Crippen molar-refractivity contribution in [2.45, 2.75) is 20.3 Å². The molecule has 0 spiro atoms. The van der Waals surface area contributed by atoms with Gasteiger partial charge in [0.15, 0.2) is 0 Å². The predicted octanol–water partition coefficient (Wildman–Crippen LogP) is 2.05. The summed E-state index contributed by atoms with van der Waals surface area (Å²) in [6.07, 6.45) is -0.186. The van der Waals surface area contributed by atoms with Crippen LogP contribution >= 0.6 is 0 Å². The number of hydrogen-bond acceptors (Lipinski definition) is 3. The van der Waals surface area contributed by atoms with Gasteiger partial charge < -0.3 is 10.4 Å². The molecule has 6 nitrogen and oxygen atoms in total. The van der Waals surface area contributed by atoms with Gasteiger partial charge in [0, 0.05) is 30.4 Å². The lowest BCUT2D eigenvalue weighted by Gasteiger charge is -2.08. The van der Waals surface area contributed by atoms with E-state index in [0.29, 0.717) is 5.56 Å². The van der Waals surface area contributed by atoms with Crippen LogP contribution in [0.3, 0.4) is 0 Å². The number of carbonyl (C=O) groups is 2. The third-order valence-corrected chi connectivity index (χ3v) is 3.58. The molecule has 2 aromatic rings. The number of carboxylic acid groups (broad SMARTS) is 1. The summed E-state index contributed by atoms with van der Waals surface area (Å²) in [6, 6.07) is 4.06. The lowest BCUT2D eigenvalue weighted by molar-refractivity contribution is -0.136. The summed E-state index contributed by atoms with van der Waals surface area (Å²) in [7, 11) is 1.80. The van der Waals surface area contributed by atoms with Crippen LogP contribution < -0.4 is 5.32 Å². The summed E-state index contributed by atoms with van der Waals surface area (Å²) in [5, 5.41) is 15.3. The van der Waals surface area contributed by atoms with Crippen molar-refractivity contribution in [3.8, 4) is 11.1 Å². The van der Waals surface area contributed by atoms with Gasteiger partial charge in [0.2, 0.25) is 0 Å². The molecule has 1 aromatic heterocycles. The van der Waals surface area contributed by atoms with Gasteiger partial charge in [-0.1, -0.05) is 0 Å². The Morgan fingerprint density at radius 3 is 2.57 bits per heavy atom. The summed E-state index contributed by atoms with van der Waals surface area (Å²) >= 11 is 0. The molecule has 0 radical (unpaired) electrons.